The molecule has 0 aromatic heterocycles. The van der Waals surface area contributed by atoms with Gasteiger partial charge >= 0.3 is 5.97 Å². The lowest BCUT2D eigenvalue weighted by atomic mass is 9.75. The van der Waals surface area contributed by atoms with Crippen LogP contribution in [0.25, 0.3) is 0 Å². The van der Waals surface area contributed by atoms with Gasteiger partial charge in [0.2, 0.25) is 0 Å². The number of hydrogen-bond acceptors (Lipinski definition) is 4. The summed E-state index contributed by atoms with van der Waals surface area (Å²) < 4.78 is 4.89. The quantitative estimate of drug-likeness (QED) is 0.538. The summed E-state index contributed by atoms with van der Waals surface area (Å²) in [4.78, 5) is 34.6. The highest BCUT2D eigenvalue weighted by molar-refractivity contribution is 6.10. The van der Waals surface area contributed by atoms with Crippen LogP contribution in [-0.4, -0.2) is 24.1 Å². The zero-order chi connectivity index (χ0) is 12.1. The van der Waals surface area contributed by atoms with Gasteiger partial charge in [-0.05, 0) is 19.3 Å². The molecule has 0 saturated heterocycles. The molecule has 2 atom stereocenters. The second kappa shape index (κ2) is 5.77. The molecule has 0 heterocycles. The Morgan fingerprint density at radius 1 is 1.38 bits per heavy atom. The number of ether oxygens (including phenoxy) is 1. The first-order valence-corrected chi connectivity index (χ1v) is 5.81. The van der Waals surface area contributed by atoms with Crippen LogP contribution in [-0.2, 0) is 19.1 Å². The topological polar surface area (TPSA) is 60.4 Å². The van der Waals surface area contributed by atoms with E-state index in [-0.39, 0.29) is 30.5 Å². The van der Waals surface area contributed by atoms with Crippen LogP contribution >= 0.6 is 0 Å². The van der Waals surface area contributed by atoms with Gasteiger partial charge in [-0.1, -0.05) is 13.3 Å². The van der Waals surface area contributed by atoms with E-state index >= 15 is 0 Å². The van der Waals surface area contributed by atoms with Crippen LogP contribution in [0.4, 0.5) is 0 Å². The first-order valence-electron chi connectivity index (χ1n) is 5.81. The smallest absolute Gasteiger partial charge is 0.316 e. The Kier molecular flexibility index (Phi) is 4.65. The first kappa shape index (κ1) is 12.9. The Balaban J connectivity index is 2.78. The lowest BCUT2D eigenvalue weighted by Gasteiger charge is -2.27. The van der Waals surface area contributed by atoms with Crippen molar-refractivity contribution in [1.29, 1.82) is 0 Å². The van der Waals surface area contributed by atoms with Crippen LogP contribution in [0.3, 0.4) is 0 Å². The Bertz CT molecular complexity index is 295. The van der Waals surface area contributed by atoms with E-state index in [1.54, 1.807) is 6.92 Å². The third kappa shape index (κ3) is 2.90. The van der Waals surface area contributed by atoms with Crippen molar-refractivity contribution in [2.45, 2.75) is 39.5 Å². The van der Waals surface area contributed by atoms with Crippen LogP contribution in [0, 0.1) is 11.8 Å². The van der Waals surface area contributed by atoms with Crippen molar-refractivity contribution in [3.63, 3.8) is 0 Å². The van der Waals surface area contributed by atoms with Crippen LogP contribution in [0.1, 0.15) is 39.5 Å². The summed E-state index contributed by atoms with van der Waals surface area (Å²) >= 11 is 0. The Morgan fingerprint density at radius 2 is 2.06 bits per heavy atom. The molecule has 1 saturated carbocycles. The van der Waals surface area contributed by atoms with Gasteiger partial charge < -0.3 is 4.74 Å². The van der Waals surface area contributed by atoms with E-state index in [4.69, 9.17) is 4.74 Å². The lowest BCUT2D eigenvalue weighted by Crippen LogP contribution is -2.39. The van der Waals surface area contributed by atoms with E-state index in [1.807, 2.05) is 6.92 Å². The number of esters is 1. The highest BCUT2D eigenvalue weighted by Gasteiger charge is 2.40. The predicted octanol–water partition coefficient (Wildman–Crippen LogP) is 1.51. The molecule has 1 aliphatic carbocycles. The zero-order valence-corrected chi connectivity index (χ0v) is 9.82. The van der Waals surface area contributed by atoms with Crippen molar-refractivity contribution < 1.29 is 19.1 Å². The Morgan fingerprint density at radius 3 is 2.62 bits per heavy atom. The molecule has 0 aromatic rings. The molecule has 0 aromatic carbocycles. The fourth-order valence-electron chi connectivity index (χ4n) is 2.25. The fraction of sp³-hybridized carbons (Fsp3) is 0.750. The molecule has 0 N–H and O–H groups in total. The van der Waals surface area contributed by atoms with Gasteiger partial charge in [0.05, 0.1) is 13.0 Å². The summed E-state index contributed by atoms with van der Waals surface area (Å²) in [5.74, 6) is -1.65. The van der Waals surface area contributed by atoms with Gasteiger partial charge in [-0.25, -0.2) is 0 Å². The Hall–Kier alpha value is -1.19. The highest BCUT2D eigenvalue weighted by atomic mass is 16.5. The summed E-state index contributed by atoms with van der Waals surface area (Å²) in [5, 5.41) is 0. The molecule has 1 rings (SSSR count). The van der Waals surface area contributed by atoms with Crippen LogP contribution in [0.2, 0.25) is 0 Å². The summed E-state index contributed by atoms with van der Waals surface area (Å²) in [6, 6.07) is 0. The number of ketones is 2. The number of Topliss-reactive ketones (excluding diaryl/α,β-unsaturated/α-hetero) is 2. The standard InChI is InChI=1S/C12H18O4/c1-3-5-8-6-9(13)7-10(14)11(8)12(15)16-4-2/h8,11H,3-7H2,1-2H3. The van der Waals surface area contributed by atoms with Gasteiger partial charge in [0, 0.05) is 6.42 Å². The molecule has 0 bridgehead atoms. The van der Waals surface area contributed by atoms with Gasteiger partial charge in [0.15, 0.2) is 5.78 Å². The minimum Gasteiger partial charge on any atom is -0.465 e. The molecule has 0 amide bonds. The molecule has 2 unspecified atom stereocenters. The van der Waals surface area contributed by atoms with Gasteiger partial charge in [-0.15, -0.1) is 0 Å². The maximum absolute atomic E-state index is 11.7. The van der Waals surface area contributed by atoms with Crippen molar-refractivity contribution >= 4 is 17.5 Å². The average molecular weight is 226 g/mol. The van der Waals surface area contributed by atoms with Crippen molar-refractivity contribution in [1.82, 2.24) is 0 Å². The number of carbonyl (C=O) groups excluding carboxylic acids is 3. The zero-order valence-electron chi connectivity index (χ0n) is 9.82. The second-order valence-corrected chi connectivity index (χ2v) is 4.16. The number of rotatable bonds is 4. The monoisotopic (exact) mass is 226 g/mol. The van der Waals surface area contributed by atoms with Gasteiger partial charge in [0.1, 0.15) is 11.7 Å². The summed E-state index contributed by atoms with van der Waals surface area (Å²) in [7, 11) is 0. The summed E-state index contributed by atoms with van der Waals surface area (Å²) in [5.41, 5.74) is 0. The van der Waals surface area contributed by atoms with E-state index < -0.39 is 11.9 Å². The molecule has 4 heteroatoms. The minimum absolute atomic E-state index is 0.0519. The van der Waals surface area contributed by atoms with Gasteiger partial charge in [-0.2, -0.15) is 0 Å². The van der Waals surface area contributed by atoms with Crippen molar-refractivity contribution in [2.75, 3.05) is 6.61 Å². The second-order valence-electron chi connectivity index (χ2n) is 4.16. The van der Waals surface area contributed by atoms with E-state index in [2.05, 4.69) is 0 Å². The number of carbonyl (C=O) groups is 3. The molecular weight excluding hydrogens is 208 g/mol. The molecule has 1 fully saturated rings. The van der Waals surface area contributed by atoms with Crippen LogP contribution in [0.15, 0.2) is 0 Å². The summed E-state index contributed by atoms with van der Waals surface area (Å²) in [6.07, 6.45) is 1.81. The van der Waals surface area contributed by atoms with Crippen molar-refractivity contribution in [3.05, 3.63) is 0 Å². The van der Waals surface area contributed by atoms with Gasteiger partial charge in [-0.3, -0.25) is 14.4 Å². The van der Waals surface area contributed by atoms with E-state index in [1.165, 1.54) is 0 Å². The minimum atomic E-state index is -0.711. The molecule has 0 radical (unpaired) electrons. The average Bonchev–Trinajstić information content (AvgIpc) is 2.17. The largest absolute Gasteiger partial charge is 0.465 e. The SMILES string of the molecule is CCCC1CC(=O)CC(=O)C1C(=O)OCC. The van der Waals surface area contributed by atoms with Gasteiger partial charge in [0.25, 0.3) is 0 Å². The molecule has 90 valence electrons. The van der Waals surface area contributed by atoms with Crippen molar-refractivity contribution in [3.8, 4) is 0 Å². The van der Waals surface area contributed by atoms with Crippen LogP contribution < -0.4 is 0 Å². The molecule has 1 aliphatic rings. The molecular formula is C12H18O4. The predicted molar refractivity (Wildman–Crippen MR) is 57.8 cm³/mol. The maximum atomic E-state index is 11.7. The Labute approximate surface area is 95.3 Å². The van der Waals surface area contributed by atoms with Crippen LogP contribution in [0.5, 0.6) is 0 Å². The first-order chi connectivity index (χ1) is 7.60. The van der Waals surface area contributed by atoms with E-state index in [9.17, 15) is 14.4 Å². The fourth-order valence-corrected chi connectivity index (χ4v) is 2.25. The van der Waals surface area contributed by atoms with E-state index in [0.29, 0.717) is 6.42 Å². The van der Waals surface area contributed by atoms with E-state index in [0.717, 1.165) is 12.8 Å². The molecule has 0 spiro atoms. The normalized spacial score (nSPS) is 25.6. The highest BCUT2D eigenvalue weighted by Crippen LogP contribution is 2.30. The molecule has 16 heavy (non-hydrogen) atoms. The maximum Gasteiger partial charge on any atom is 0.316 e. The third-order valence-electron chi connectivity index (χ3n) is 2.88. The lowest BCUT2D eigenvalue weighted by molar-refractivity contribution is -0.156. The molecule has 0 aliphatic heterocycles. The third-order valence-corrected chi connectivity index (χ3v) is 2.88. The summed E-state index contributed by atoms with van der Waals surface area (Å²) in [6.45, 7) is 3.96. The van der Waals surface area contributed by atoms with Crippen molar-refractivity contribution in [2.24, 2.45) is 11.8 Å². The molecule has 4 nitrogen and oxygen atoms in total. The number of hydrogen-bond donors (Lipinski definition) is 0.